The van der Waals surface area contributed by atoms with Crippen molar-refractivity contribution in [3.05, 3.63) is 59.2 Å². The first kappa shape index (κ1) is 17.0. The minimum Gasteiger partial charge on any atom is -0.508 e. The summed E-state index contributed by atoms with van der Waals surface area (Å²) in [6.07, 6.45) is 0.607. The topological polar surface area (TPSA) is 115 Å². The van der Waals surface area contributed by atoms with E-state index in [4.69, 9.17) is 20.4 Å². The van der Waals surface area contributed by atoms with Crippen LogP contribution in [0.5, 0.6) is 11.5 Å². The number of hydrogen-bond acceptors (Lipinski definition) is 4. The van der Waals surface area contributed by atoms with Crippen molar-refractivity contribution in [1.29, 1.82) is 0 Å². The summed E-state index contributed by atoms with van der Waals surface area (Å²) in [7, 11) is 0. The van der Waals surface area contributed by atoms with Gasteiger partial charge in [-0.15, -0.1) is 0 Å². The maximum Gasteiger partial charge on any atom is 0.335 e. The summed E-state index contributed by atoms with van der Waals surface area (Å²) in [5, 5.41) is 34.9. The van der Waals surface area contributed by atoms with Crippen molar-refractivity contribution in [3.8, 4) is 11.5 Å². The van der Waals surface area contributed by atoms with Crippen LogP contribution in [-0.2, 0) is 6.42 Å². The lowest BCUT2D eigenvalue weighted by atomic mass is 10.1. The molecule has 0 bridgehead atoms. The second-order valence-electron chi connectivity index (χ2n) is 4.35. The van der Waals surface area contributed by atoms with E-state index in [1.54, 1.807) is 0 Å². The number of carboxylic acids is 2. The monoisotopic (exact) mass is 304 g/mol. The first-order valence-electron chi connectivity index (χ1n) is 6.42. The summed E-state index contributed by atoms with van der Waals surface area (Å²) in [5.74, 6) is -1.76. The molecular formula is C16H16O6. The van der Waals surface area contributed by atoms with Crippen LogP contribution in [0.3, 0.4) is 0 Å². The first-order valence-corrected chi connectivity index (χ1v) is 6.42. The van der Waals surface area contributed by atoms with E-state index in [2.05, 4.69) is 0 Å². The summed E-state index contributed by atoms with van der Waals surface area (Å²) in [6.45, 7) is 1.85. The molecule has 0 spiro atoms. The smallest absolute Gasteiger partial charge is 0.335 e. The maximum atomic E-state index is 10.6. The highest BCUT2D eigenvalue weighted by atomic mass is 16.4. The van der Waals surface area contributed by atoms with Gasteiger partial charge < -0.3 is 20.4 Å². The van der Waals surface area contributed by atoms with Crippen LogP contribution in [0.1, 0.15) is 33.2 Å². The fourth-order valence-corrected chi connectivity index (χ4v) is 1.69. The summed E-state index contributed by atoms with van der Waals surface area (Å²) in [5.41, 5.74) is 1.09. The van der Waals surface area contributed by atoms with Gasteiger partial charge in [-0.3, -0.25) is 0 Å². The number of hydrogen-bond donors (Lipinski definition) is 4. The predicted molar refractivity (Wildman–Crippen MR) is 79.5 cm³/mol. The zero-order chi connectivity index (χ0) is 16.7. The Balaban J connectivity index is 0.000000224. The summed E-state index contributed by atoms with van der Waals surface area (Å²) in [4.78, 5) is 20.8. The number of phenols is 2. The normalized spacial score (nSPS) is 9.50. The highest BCUT2D eigenvalue weighted by Crippen LogP contribution is 2.16. The second kappa shape index (κ2) is 7.68. The summed E-state index contributed by atoms with van der Waals surface area (Å²) >= 11 is 0. The van der Waals surface area contributed by atoms with Gasteiger partial charge in [0.25, 0.3) is 0 Å². The van der Waals surface area contributed by atoms with Crippen molar-refractivity contribution in [2.75, 3.05) is 0 Å². The van der Waals surface area contributed by atoms with Crippen molar-refractivity contribution >= 4 is 11.9 Å². The quantitative estimate of drug-likeness (QED) is 0.693. The fraction of sp³-hybridized carbons (Fsp3) is 0.125. The molecule has 6 heteroatoms. The molecule has 0 fully saturated rings. The third-order valence-electron chi connectivity index (χ3n) is 2.81. The minimum absolute atomic E-state index is 0.0741. The van der Waals surface area contributed by atoms with Gasteiger partial charge in [0.15, 0.2) is 0 Å². The number of aromatic carboxylic acids is 2. The average Bonchev–Trinajstić information content (AvgIpc) is 2.47. The van der Waals surface area contributed by atoms with Crippen LogP contribution in [0.25, 0.3) is 0 Å². The highest BCUT2D eigenvalue weighted by Gasteiger charge is 2.08. The molecule has 2 aromatic carbocycles. The van der Waals surface area contributed by atoms with Crippen molar-refractivity contribution < 1.29 is 30.0 Å². The Bertz CT molecular complexity index is 661. The maximum absolute atomic E-state index is 10.6. The number of carbonyl (C=O) groups is 2. The molecule has 0 unspecified atom stereocenters. The number of carboxylic acid groups (broad SMARTS) is 2. The molecule has 0 heterocycles. The molecule has 0 aliphatic carbocycles. The molecule has 116 valence electrons. The lowest BCUT2D eigenvalue weighted by molar-refractivity contribution is 0.0685. The van der Waals surface area contributed by atoms with E-state index in [1.165, 1.54) is 42.5 Å². The molecule has 4 N–H and O–H groups in total. The lowest BCUT2D eigenvalue weighted by Crippen LogP contribution is -2.00. The van der Waals surface area contributed by atoms with Gasteiger partial charge in [0, 0.05) is 0 Å². The van der Waals surface area contributed by atoms with E-state index in [1.807, 2.05) is 6.92 Å². The largest absolute Gasteiger partial charge is 0.508 e. The molecule has 2 aromatic rings. The van der Waals surface area contributed by atoms with E-state index < -0.39 is 11.9 Å². The molecule has 0 aromatic heterocycles. The molecule has 22 heavy (non-hydrogen) atoms. The van der Waals surface area contributed by atoms with E-state index in [9.17, 15) is 9.59 Å². The predicted octanol–water partition coefficient (Wildman–Crippen LogP) is 2.74. The van der Waals surface area contributed by atoms with Gasteiger partial charge >= 0.3 is 11.9 Å². The van der Waals surface area contributed by atoms with Crippen LogP contribution in [0, 0.1) is 0 Å². The molecule has 2 rings (SSSR count). The standard InChI is InChI=1S/C9H10O3.C7H6O3/c1-2-6-5-7(10)3-4-8(6)9(11)12;8-6-3-1-5(2-4-6)7(9)10/h3-5,10H,2H2,1H3,(H,11,12);1-4,8H,(H,9,10). The number of aryl methyl sites for hydroxylation is 1. The van der Waals surface area contributed by atoms with Gasteiger partial charge in [0.2, 0.25) is 0 Å². The Labute approximate surface area is 126 Å². The minimum atomic E-state index is -0.986. The van der Waals surface area contributed by atoms with E-state index >= 15 is 0 Å². The molecule has 0 saturated heterocycles. The zero-order valence-corrected chi connectivity index (χ0v) is 11.9. The summed E-state index contributed by atoms with van der Waals surface area (Å²) < 4.78 is 0. The Hall–Kier alpha value is -3.02. The molecule has 6 nitrogen and oxygen atoms in total. The number of phenolic OH excluding ortho intramolecular Hbond substituents is 2. The van der Waals surface area contributed by atoms with E-state index in [0.29, 0.717) is 12.0 Å². The number of aromatic hydroxyl groups is 2. The van der Waals surface area contributed by atoms with Gasteiger partial charge in [-0.1, -0.05) is 6.92 Å². The third kappa shape index (κ3) is 4.82. The summed E-state index contributed by atoms with van der Waals surface area (Å²) in [6, 6.07) is 9.63. The molecule has 0 atom stereocenters. The Morgan fingerprint density at radius 3 is 1.86 bits per heavy atom. The van der Waals surface area contributed by atoms with Crippen molar-refractivity contribution in [2.24, 2.45) is 0 Å². The average molecular weight is 304 g/mol. The van der Waals surface area contributed by atoms with Gasteiger partial charge in [0.05, 0.1) is 11.1 Å². The lowest BCUT2D eigenvalue weighted by Gasteiger charge is -2.02. The zero-order valence-electron chi connectivity index (χ0n) is 11.9. The van der Waals surface area contributed by atoms with Crippen LogP contribution >= 0.6 is 0 Å². The molecule has 0 aliphatic heterocycles. The number of rotatable bonds is 3. The SMILES string of the molecule is CCc1cc(O)ccc1C(=O)O.O=C(O)c1ccc(O)cc1. The molecular weight excluding hydrogens is 288 g/mol. The highest BCUT2D eigenvalue weighted by molar-refractivity contribution is 5.89. The van der Waals surface area contributed by atoms with Gasteiger partial charge in [-0.05, 0) is 54.4 Å². The van der Waals surface area contributed by atoms with Crippen LogP contribution in [0.4, 0.5) is 0 Å². The fourth-order valence-electron chi connectivity index (χ4n) is 1.69. The van der Waals surface area contributed by atoms with Crippen molar-refractivity contribution in [2.45, 2.75) is 13.3 Å². The first-order chi connectivity index (χ1) is 10.3. The van der Waals surface area contributed by atoms with Crippen molar-refractivity contribution in [3.63, 3.8) is 0 Å². The molecule has 0 radical (unpaired) electrons. The number of benzene rings is 2. The Morgan fingerprint density at radius 2 is 1.41 bits per heavy atom. The van der Waals surface area contributed by atoms with Gasteiger partial charge in [-0.25, -0.2) is 9.59 Å². The van der Waals surface area contributed by atoms with Crippen LogP contribution < -0.4 is 0 Å². The Morgan fingerprint density at radius 1 is 0.864 bits per heavy atom. The van der Waals surface area contributed by atoms with Crippen LogP contribution in [-0.4, -0.2) is 32.4 Å². The van der Waals surface area contributed by atoms with Crippen molar-refractivity contribution in [1.82, 2.24) is 0 Å². The van der Waals surface area contributed by atoms with Crippen LogP contribution in [0.15, 0.2) is 42.5 Å². The third-order valence-corrected chi connectivity index (χ3v) is 2.81. The molecule has 0 saturated carbocycles. The molecule has 0 amide bonds. The van der Waals surface area contributed by atoms with E-state index in [0.717, 1.165) is 0 Å². The second-order valence-corrected chi connectivity index (χ2v) is 4.35. The Kier molecular flexibility index (Phi) is 5.95. The van der Waals surface area contributed by atoms with Gasteiger partial charge in [0.1, 0.15) is 11.5 Å². The van der Waals surface area contributed by atoms with Crippen LogP contribution in [0.2, 0.25) is 0 Å². The van der Waals surface area contributed by atoms with Gasteiger partial charge in [-0.2, -0.15) is 0 Å². The molecule has 0 aliphatic rings. The van der Waals surface area contributed by atoms with E-state index in [-0.39, 0.29) is 22.6 Å².